The van der Waals surface area contributed by atoms with Gasteiger partial charge in [0, 0.05) is 21.2 Å². The van der Waals surface area contributed by atoms with Gasteiger partial charge >= 0.3 is 0 Å². The molecule has 0 heterocycles. The molecule has 0 amide bonds. The van der Waals surface area contributed by atoms with Crippen LogP contribution in [0.1, 0.15) is 25.7 Å². The molecule has 0 fully saturated rings. The maximum atomic E-state index is 5.72. The van der Waals surface area contributed by atoms with E-state index in [1.165, 1.54) is 0 Å². The fourth-order valence-electron chi connectivity index (χ4n) is 1.48. The van der Waals surface area contributed by atoms with E-state index in [2.05, 4.69) is 47.8 Å². The van der Waals surface area contributed by atoms with E-state index in [4.69, 9.17) is 9.47 Å². The van der Waals surface area contributed by atoms with E-state index in [-0.39, 0.29) is 0 Å². The highest BCUT2D eigenvalue weighted by atomic mass is 79.9. The lowest BCUT2D eigenvalue weighted by molar-refractivity contribution is 0.294. The van der Waals surface area contributed by atoms with Crippen molar-refractivity contribution in [2.45, 2.75) is 25.7 Å². The van der Waals surface area contributed by atoms with E-state index in [0.717, 1.165) is 65.5 Å². The fraction of sp³-hybridized carbons (Fsp3) is 0.571. The van der Waals surface area contributed by atoms with E-state index in [9.17, 15) is 0 Å². The first-order valence-corrected chi connectivity index (χ1v) is 9.48. The van der Waals surface area contributed by atoms with Gasteiger partial charge in [-0.25, -0.2) is 0 Å². The number of alkyl halides is 2. The van der Waals surface area contributed by atoms with Crippen molar-refractivity contribution in [2.75, 3.05) is 23.9 Å². The Bertz CT molecular complexity index is 328. The predicted molar refractivity (Wildman–Crippen MR) is 91.2 cm³/mol. The highest BCUT2D eigenvalue weighted by Crippen LogP contribution is 2.26. The zero-order valence-electron chi connectivity index (χ0n) is 10.8. The number of rotatable bonds is 10. The van der Waals surface area contributed by atoms with Gasteiger partial charge in [-0.15, -0.1) is 0 Å². The summed E-state index contributed by atoms with van der Waals surface area (Å²) in [6, 6.07) is 5.89. The van der Waals surface area contributed by atoms with Crippen molar-refractivity contribution >= 4 is 47.8 Å². The molecule has 0 bridgehead atoms. The molecular formula is C14H19Br3O2. The van der Waals surface area contributed by atoms with Crippen molar-refractivity contribution < 1.29 is 9.47 Å². The average Bonchev–Trinajstić information content (AvgIpc) is 2.39. The maximum absolute atomic E-state index is 5.72. The van der Waals surface area contributed by atoms with Crippen LogP contribution in [0.2, 0.25) is 0 Å². The highest BCUT2D eigenvalue weighted by molar-refractivity contribution is 9.10. The fourth-order valence-corrected chi connectivity index (χ4v) is 2.72. The van der Waals surface area contributed by atoms with Crippen LogP contribution in [0.4, 0.5) is 0 Å². The molecule has 0 N–H and O–H groups in total. The summed E-state index contributed by atoms with van der Waals surface area (Å²) >= 11 is 10.3. The zero-order valence-corrected chi connectivity index (χ0v) is 15.6. The van der Waals surface area contributed by atoms with Crippen LogP contribution in [0.15, 0.2) is 22.7 Å². The third-order valence-corrected chi connectivity index (χ3v) is 4.02. The van der Waals surface area contributed by atoms with Crippen LogP contribution in [-0.2, 0) is 0 Å². The van der Waals surface area contributed by atoms with Gasteiger partial charge in [0.15, 0.2) is 0 Å². The first kappa shape index (κ1) is 17.3. The van der Waals surface area contributed by atoms with E-state index >= 15 is 0 Å². The van der Waals surface area contributed by atoms with Crippen molar-refractivity contribution in [1.29, 1.82) is 0 Å². The van der Waals surface area contributed by atoms with Crippen LogP contribution >= 0.6 is 47.8 Å². The second-order valence-electron chi connectivity index (χ2n) is 4.11. The lowest BCUT2D eigenvalue weighted by atomic mass is 10.3. The highest BCUT2D eigenvalue weighted by Gasteiger charge is 2.02. The number of halogens is 3. The van der Waals surface area contributed by atoms with Crippen molar-refractivity contribution in [3.05, 3.63) is 22.7 Å². The van der Waals surface area contributed by atoms with Gasteiger partial charge in [0.05, 0.1) is 13.2 Å². The number of hydrogen-bond acceptors (Lipinski definition) is 2. The van der Waals surface area contributed by atoms with Crippen molar-refractivity contribution in [2.24, 2.45) is 0 Å². The molecule has 1 aromatic rings. The Morgan fingerprint density at radius 1 is 0.737 bits per heavy atom. The molecule has 0 aromatic heterocycles. The van der Waals surface area contributed by atoms with Crippen molar-refractivity contribution in [3.63, 3.8) is 0 Å². The minimum atomic E-state index is 0.741. The maximum Gasteiger partial charge on any atom is 0.124 e. The summed E-state index contributed by atoms with van der Waals surface area (Å²) in [5.41, 5.74) is 0. The molecular weight excluding hydrogens is 440 g/mol. The SMILES string of the molecule is BrCCCCOc1cc(Br)cc(OCCCCBr)c1. The molecule has 5 heteroatoms. The van der Waals surface area contributed by atoms with Crippen LogP contribution in [0.3, 0.4) is 0 Å². The summed E-state index contributed by atoms with van der Waals surface area (Å²) in [5.74, 6) is 1.72. The lowest BCUT2D eigenvalue weighted by Crippen LogP contribution is -2.00. The number of ether oxygens (including phenoxy) is 2. The Morgan fingerprint density at radius 2 is 1.21 bits per heavy atom. The Labute approximate surface area is 140 Å². The van der Waals surface area contributed by atoms with Gasteiger partial charge < -0.3 is 9.47 Å². The average molecular weight is 459 g/mol. The Hall–Kier alpha value is 0.260. The van der Waals surface area contributed by atoms with E-state index in [1.807, 2.05) is 18.2 Å². The molecule has 0 aliphatic carbocycles. The predicted octanol–water partition coefficient (Wildman–Crippen LogP) is 5.56. The first-order chi connectivity index (χ1) is 9.26. The molecule has 0 aliphatic heterocycles. The van der Waals surface area contributed by atoms with Gasteiger partial charge in [-0.1, -0.05) is 47.8 Å². The molecule has 1 aromatic carbocycles. The van der Waals surface area contributed by atoms with Gasteiger partial charge in [-0.3, -0.25) is 0 Å². The third kappa shape index (κ3) is 8.20. The summed E-state index contributed by atoms with van der Waals surface area (Å²) in [4.78, 5) is 0. The number of hydrogen-bond donors (Lipinski definition) is 0. The standard InChI is InChI=1S/C14H19Br3O2/c15-5-1-3-7-18-13-9-12(17)10-14(11-13)19-8-4-2-6-16/h9-11H,1-8H2. The lowest BCUT2D eigenvalue weighted by Gasteiger charge is -2.10. The topological polar surface area (TPSA) is 18.5 Å². The van der Waals surface area contributed by atoms with Crippen molar-refractivity contribution in [3.8, 4) is 11.5 Å². The molecule has 0 spiro atoms. The van der Waals surface area contributed by atoms with Gasteiger partial charge in [-0.05, 0) is 37.8 Å². The van der Waals surface area contributed by atoms with Gasteiger partial charge in [0.1, 0.15) is 11.5 Å². The largest absolute Gasteiger partial charge is 0.493 e. The van der Waals surface area contributed by atoms with Crippen LogP contribution in [0, 0.1) is 0 Å². The molecule has 0 aliphatic rings. The normalized spacial score (nSPS) is 10.5. The molecule has 0 saturated heterocycles. The molecule has 0 atom stereocenters. The van der Waals surface area contributed by atoms with Gasteiger partial charge in [0.25, 0.3) is 0 Å². The molecule has 0 unspecified atom stereocenters. The molecule has 19 heavy (non-hydrogen) atoms. The monoisotopic (exact) mass is 456 g/mol. The second-order valence-corrected chi connectivity index (χ2v) is 6.61. The smallest absolute Gasteiger partial charge is 0.124 e. The molecule has 108 valence electrons. The summed E-state index contributed by atoms with van der Waals surface area (Å²) in [5, 5.41) is 2.05. The van der Waals surface area contributed by atoms with Crippen LogP contribution in [0.5, 0.6) is 11.5 Å². The molecule has 1 rings (SSSR count). The summed E-state index contributed by atoms with van der Waals surface area (Å²) in [6.07, 6.45) is 4.37. The minimum absolute atomic E-state index is 0.741. The van der Waals surface area contributed by atoms with Crippen LogP contribution in [-0.4, -0.2) is 23.9 Å². The summed E-state index contributed by atoms with van der Waals surface area (Å²) in [7, 11) is 0. The summed E-state index contributed by atoms with van der Waals surface area (Å²) < 4.78 is 12.4. The number of unbranched alkanes of at least 4 members (excludes halogenated alkanes) is 2. The zero-order chi connectivity index (χ0) is 13.9. The first-order valence-electron chi connectivity index (χ1n) is 6.44. The Kier molecular flexibility index (Phi) is 10.0. The second kappa shape index (κ2) is 11.0. The van der Waals surface area contributed by atoms with Crippen molar-refractivity contribution in [1.82, 2.24) is 0 Å². The van der Waals surface area contributed by atoms with Crippen LogP contribution < -0.4 is 9.47 Å². The molecule has 0 saturated carbocycles. The van der Waals surface area contributed by atoms with Gasteiger partial charge in [0.2, 0.25) is 0 Å². The quantitative estimate of drug-likeness (QED) is 0.337. The van der Waals surface area contributed by atoms with Crippen LogP contribution in [0.25, 0.3) is 0 Å². The molecule has 2 nitrogen and oxygen atoms in total. The summed E-state index contributed by atoms with van der Waals surface area (Å²) in [6.45, 7) is 1.48. The number of benzene rings is 1. The van der Waals surface area contributed by atoms with Gasteiger partial charge in [-0.2, -0.15) is 0 Å². The third-order valence-electron chi connectivity index (χ3n) is 2.44. The van der Waals surface area contributed by atoms with E-state index in [0.29, 0.717) is 0 Å². The minimum Gasteiger partial charge on any atom is -0.493 e. The van der Waals surface area contributed by atoms with E-state index < -0.39 is 0 Å². The molecule has 0 radical (unpaired) electrons. The Balaban J connectivity index is 2.41. The Morgan fingerprint density at radius 3 is 1.63 bits per heavy atom. The van der Waals surface area contributed by atoms with E-state index in [1.54, 1.807) is 0 Å².